The van der Waals surface area contributed by atoms with Crippen LogP contribution in [-0.4, -0.2) is 16.5 Å². The van der Waals surface area contributed by atoms with E-state index in [1.165, 1.54) is 12.0 Å². The number of nitrogens with zero attached hydrogens (tertiary/aromatic N) is 1. The number of carbonyl (C=O) groups excluding carboxylic acids is 1. The van der Waals surface area contributed by atoms with Crippen LogP contribution in [-0.2, 0) is 11.2 Å². The molecule has 2 aliphatic carbocycles. The minimum Gasteiger partial charge on any atom is -0.439 e. The molecule has 1 aromatic heterocycles. The summed E-state index contributed by atoms with van der Waals surface area (Å²) in [5.74, 6) is 2.75. The summed E-state index contributed by atoms with van der Waals surface area (Å²) in [5, 5.41) is 8.40. The summed E-state index contributed by atoms with van der Waals surface area (Å²) in [5.41, 5.74) is 2.78. The summed E-state index contributed by atoms with van der Waals surface area (Å²) in [7, 11) is 0. The van der Waals surface area contributed by atoms with Gasteiger partial charge in [0, 0.05) is 35.7 Å². The van der Waals surface area contributed by atoms with Gasteiger partial charge in [0.05, 0.1) is 0 Å². The van der Waals surface area contributed by atoms with Crippen molar-refractivity contribution in [2.75, 3.05) is 0 Å². The van der Waals surface area contributed by atoms with Crippen LogP contribution in [0.4, 0.5) is 0 Å². The zero-order valence-electron chi connectivity index (χ0n) is 18.1. The Morgan fingerprint density at radius 1 is 1.17 bits per heavy atom. The van der Waals surface area contributed by atoms with Crippen LogP contribution in [0.1, 0.15) is 63.0 Å². The van der Waals surface area contributed by atoms with E-state index in [9.17, 15) is 4.79 Å². The first-order chi connectivity index (χ1) is 14.5. The molecule has 1 N–H and O–H groups in total. The number of aromatic nitrogens is 1. The number of Topliss-reactive ketones (excluding diaryl/α,β-unsaturated/α-hetero) is 1. The number of hydrogen-bond donors (Lipinski definition) is 1. The molecule has 0 amide bonds. The van der Waals surface area contributed by atoms with E-state index in [0.29, 0.717) is 42.1 Å². The van der Waals surface area contributed by atoms with E-state index in [-0.39, 0.29) is 5.41 Å². The van der Waals surface area contributed by atoms with Crippen LogP contribution in [0.2, 0.25) is 0 Å². The first-order valence-corrected chi connectivity index (χ1v) is 11.3. The molecule has 2 unspecified atom stereocenters. The normalized spacial score (nSPS) is 21.5. The zero-order valence-corrected chi connectivity index (χ0v) is 18.1. The smallest absolute Gasteiger partial charge is 0.219 e. The first kappa shape index (κ1) is 20.8. The standard InChI is InChI=1S/C26H32N2O2/c1-3-20-7-10-23(20)25(29)26(14-15-26)13-12-21(27)16-19-6-11-24(28-17-19)30-22-8-4-18(2)5-9-22/h4-6,8-9,11,17,20,23,27H,3,7,10,12-16H2,1-2H3. The molecule has 158 valence electrons. The van der Waals surface area contributed by atoms with Gasteiger partial charge in [-0.1, -0.05) is 37.1 Å². The Balaban J connectivity index is 1.26. The lowest BCUT2D eigenvalue weighted by Gasteiger charge is -2.37. The Morgan fingerprint density at radius 3 is 2.50 bits per heavy atom. The summed E-state index contributed by atoms with van der Waals surface area (Å²) in [6, 6.07) is 11.7. The highest BCUT2D eigenvalue weighted by Gasteiger charge is 2.53. The quantitative estimate of drug-likeness (QED) is 0.472. The van der Waals surface area contributed by atoms with Gasteiger partial charge in [-0.05, 0) is 69.1 Å². The molecule has 2 atom stereocenters. The van der Waals surface area contributed by atoms with Gasteiger partial charge in [-0.15, -0.1) is 0 Å². The van der Waals surface area contributed by atoms with Crippen molar-refractivity contribution in [2.24, 2.45) is 17.3 Å². The molecule has 2 aromatic rings. The lowest BCUT2D eigenvalue weighted by molar-refractivity contribution is -0.133. The highest BCUT2D eigenvalue weighted by Crippen LogP contribution is 2.55. The molecular weight excluding hydrogens is 372 g/mol. The minimum absolute atomic E-state index is 0.102. The summed E-state index contributed by atoms with van der Waals surface area (Å²) >= 11 is 0. The van der Waals surface area contributed by atoms with Crippen LogP contribution in [0.5, 0.6) is 11.6 Å². The number of rotatable bonds is 10. The Bertz CT molecular complexity index is 896. The van der Waals surface area contributed by atoms with Crippen molar-refractivity contribution in [3.8, 4) is 11.6 Å². The highest BCUT2D eigenvalue weighted by atomic mass is 16.5. The molecule has 2 fully saturated rings. The SMILES string of the molecule is CCC1CCC1C(=O)C1(CCC(=N)Cc2ccc(Oc3ccc(C)cc3)nc2)CC1. The molecule has 2 saturated carbocycles. The summed E-state index contributed by atoms with van der Waals surface area (Å²) in [6.07, 6.45) is 9.40. The minimum atomic E-state index is -0.102. The number of pyridine rings is 1. The fourth-order valence-corrected chi connectivity index (χ4v) is 4.59. The third-order valence-corrected chi connectivity index (χ3v) is 7.02. The molecule has 0 aliphatic heterocycles. The number of nitrogens with one attached hydrogen (secondary N) is 1. The lowest BCUT2D eigenvalue weighted by atomic mass is 9.66. The number of ether oxygens (including phenoxy) is 1. The molecule has 0 radical (unpaired) electrons. The van der Waals surface area contributed by atoms with Gasteiger partial charge >= 0.3 is 0 Å². The first-order valence-electron chi connectivity index (χ1n) is 11.3. The maximum atomic E-state index is 13.0. The number of hydrogen-bond acceptors (Lipinski definition) is 4. The Hall–Kier alpha value is -2.49. The maximum Gasteiger partial charge on any atom is 0.219 e. The molecule has 30 heavy (non-hydrogen) atoms. The van der Waals surface area contributed by atoms with E-state index < -0.39 is 0 Å². The van der Waals surface area contributed by atoms with Gasteiger partial charge in [-0.3, -0.25) is 4.79 Å². The van der Waals surface area contributed by atoms with E-state index in [2.05, 4.69) is 11.9 Å². The summed E-state index contributed by atoms with van der Waals surface area (Å²) < 4.78 is 5.77. The van der Waals surface area contributed by atoms with Crippen molar-refractivity contribution >= 4 is 11.5 Å². The molecule has 4 rings (SSSR count). The molecule has 4 heteroatoms. The second-order valence-corrected chi connectivity index (χ2v) is 9.20. The molecule has 1 heterocycles. The maximum absolute atomic E-state index is 13.0. The van der Waals surface area contributed by atoms with E-state index in [4.69, 9.17) is 10.1 Å². The topological polar surface area (TPSA) is 63.0 Å². The lowest BCUT2D eigenvalue weighted by Crippen LogP contribution is -2.37. The van der Waals surface area contributed by atoms with Crippen LogP contribution in [0, 0.1) is 29.6 Å². The second-order valence-electron chi connectivity index (χ2n) is 9.20. The van der Waals surface area contributed by atoms with E-state index in [0.717, 1.165) is 43.4 Å². The van der Waals surface area contributed by atoms with Gasteiger partial charge in [-0.2, -0.15) is 0 Å². The second kappa shape index (κ2) is 8.71. The molecule has 0 spiro atoms. The molecule has 1 aromatic carbocycles. The van der Waals surface area contributed by atoms with Gasteiger partial charge in [0.2, 0.25) is 5.88 Å². The van der Waals surface area contributed by atoms with Crippen molar-refractivity contribution < 1.29 is 9.53 Å². The molecule has 0 bridgehead atoms. The Labute approximate surface area is 179 Å². The fraction of sp³-hybridized carbons (Fsp3) is 0.500. The fourth-order valence-electron chi connectivity index (χ4n) is 4.59. The number of ketones is 1. The average molecular weight is 405 g/mol. The highest BCUT2D eigenvalue weighted by molar-refractivity contribution is 5.91. The van der Waals surface area contributed by atoms with E-state index in [1.807, 2.05) is 43.3 Å². The van der Waals surface area contributed by atoms with Crippen molar-refractivity contribution in [1.29, 1.82) is 5.41 Å². The zero-order chi connectivity index (χ0) is 21.1. The van der Waals surface area contributed by atoms with Crippen molar-refractivity contribution in [2.45, 2.75) is 65.2 Å². The average Bonchev–Trinajstić information content (AvgIpc) is 3.51. The van der Waals surface area contributed by atoms with Crippen LogP contribution < -0.4 is 4.74 Å². The Kier molecular flexibility index (Phi) is 6.03. The van der Waals surface area contributed by atoms with E-state index in [1.54, 1.807) is 6.20 Å². The van der Waals surface area contributed by atoms with Crippen LogP contribution >= 0.6 is 0 Å². The van der Waals surface area contributed by atoms with Gasteiger partial charge < -0.3 is 10.1 Å². The third kappa shape index (κ3) is 4.63. The van der Waals surface area contributed by atoms with Gasteiger partial charge in [0.25, 0.3) is 0 Å². The predicted molar refractivity (Wildman–Crippen MR) is 119 cm³/mol. The largest absolute Gasteiger partial charge is 0.439 e. The third-order valence-electron chi connectivity index (χ3n) is 7.02. The van der Waals surface area contributed by atoms with Crippen molar-refractivity contribution in [3.05, 3.63) is 53.7 Å². The monoisotopic (exact) mass is 404 g/mol. The number of benzene rings is 1. The van der Waals surface area contributed by atoms with Crippen molar-refractivity contribution in [1.82, 2.24) is 4.98 Å². The Morgan fingerprint density at radius 2 is 1.93 bits per heavy atom. The van der Waals surface area contributed by atoms with Crippen LogP contribution in [0.15, 0.2) is 42.6 Å². The number of carbonyl (C=O) groups is 1. The number of aryl methyl sites for hydroxylation is 1. The van der Waals surface area contributed by atoms with Gasteiger partial charge in [0.1, 0.15) is 11.5 Å². The van der Waals surface area contributed by atoms with Gasteiger partial charge in [0.15, 0.2) is 0 Å². The van der Waals surface area contributed by atoms with Crippen LogP contribution in [0.3, 0.4) is 0 Å². The molecule has 2 aliphatic rings. The van der Waals surface area contributed by atoms with Crippen LogP contribution in [0.25, 0.3) is 0 Å². The van der Waals surface area contributed by atoms with Crippen molar-refractivity contribution in [3.63, 3.8) is 0 Å². The summed E-state index contributed by atoms with van der Waals surface area (Å²) in [4.78, 5) is 17.3. The molecular formula is C26H32N2O2. The van der Waals surface area contributed by atoms with E-state index >= 15 is 0 Å². The predicted octanol–water partition coefficient (Wildman–Crippen LogP) is 6.31. The van der Waals surface area contributed by atoms with Gasteiger partial charge in [-0.25, -0.2) is 4.98 Å². The molecule has 0 saturated heterocycles. The summed E-state index contributed by atoms with van der Waals surface area (Å²) in [6.45, 7) is 4.24. The molecule has 4 nitrogen and oxygen atoms in total.